The fraction of sp³-hybridized carbons (Fsp3) is 0.500. The fourth-order valence-corrected chi connectivity index (χ4v) is 2.61. The lowest BCUT2D eigenvalue weighted by Gasteiger charge is -2.37. The Balaban J connectivity index is 2.03. The number of amides is 2. The van der Waals surface area contributed by atoms with Crippen LogP contribution in [-0.4, -0.2) is 29.6 Å². The molecule has 2 atom stereocenters. The van der Waals surface area contributed by atoms with Crippen molar-refractivity contribution in [2.24, 2.45) is 5.73 Å². The van der Waals surface area contributed by atoms with Crippen LogP contribution in [-0.2, 0) is 0 Å². The average Bonchev–Trinajstić information content (AvgIpc) is 2.41. The predicted molar refractivity (Wildman–Crippen MR) is 78.5 cm³/mol. The maximum absolute atomic E-state index is 12.3. The van der Waals surface area contributed by atoms with Crippen LogP contribution in [0.25, 0.3) is 0 Å². The molecule has 2 amide bonds. The van der Waals surface area contributed by atoms with E-state index in [2.05, 4.69) is 5.32 Å². The van der Waals surface area contributed by atoms with Gasteiger partial charge >= 0.3 is 6.03 Å². The lowest BCUT2D eigenvalue weighted by Crippen LogP contribution is -2.53. The summed E-state index contributed by atoms with van der Waals surface area (Å²) in [4.78, 5) is 14.1. The highest BCUT2D eigenvalue weighted by molar-refractivity contribution is 6.30. The third kappa shape index (κ3) is 3.61. The molecule has 3 N–H and O–H groups in total. The van der Waals surface area contributed by atoms with E-state index in [1.807, 2.05) is 11.8 Å². The number of halogens is 1. The Labute approximate surface area is 118 Å². The zero-order valence-corrected chi connectivity index (χ0v) is 11.9. The molecule has 19 heavy (non-hydrogen) atoms. The Morgan fingerprint density at radius 3 is 2.74 bits per heavy atom. The number of likely N-dealkylation sites (tertiary alicyclic amines) is 1. The number of piperidine rings is 1. The first-order valence-electron chi connectivity index (χ1n) is 6.66. The van der Waals surface area contributed by atoms with Gasteiger partial charge < -0.3 is 16.0 Å². The molecule has 0 aliphatic carbocycles. The Morgan fingerprint density at radius 2 is 2.11 bits per heavy atom. The van der Waals surface area contributed by atoms with Crippen LogP contribution in [0.4, 0.5) is 10.5 Å². The molecule has 1 aromatic rings. The van der Waals surface area contributed by atoms with Crippen LogP contribution in [0.15, 0.2) is 24.3 Å². The van der Waals surface area contributed by atoms with Gasteiger partial charge in [0, 0.05) is 29.3 Å². The minimum Gasteiger partial charge on any atom is -0.326 e. The van der Waals surface area contributed by atoms with E-state index < -0.39 is 0 Å². The molecular formula is C14H20ClN3O. The van der Waals surface area contributed by atoms with E-state index >= 15 is 0 Å². The van der Waals surface area contributed by atoms with Gasteiger partial charge in [-0.1, -0.05) is 11.6 Å². The molecule has 2 unspecified atom stereocenters. The summed E-state index contributed by atoms with van der Waals surface area (Å²) in [5.74, 6) is 0. The van der Waals surface area contributed by atoms with Crippen molar-refractivity contribution < 1.29 is 4.79 Å². The number of carbonyl (C=O) groups is 1. The normalized spacial score (nSPS) is 21.0. The van der Waals surface area contributed by atoms with Gasteiger partial charge in [0.05, 0.1) is 0 Å². The van der Waals surface area contributed by atoms with Crippen LogP contribution < -0.4 is 11.1 Å². The van der Waals surface area contributed by atoms with Gasteiger partial charge in [-0.2, -0.15) is 0 Å². The van der Waals surface area contributed by atoms with Crippen molar-refractivity contribution in [2.75, 3.05) is 11.9 Å². The second kappa shape index (κ2) is 6.26. The number of nitrogens with zero attached hydrogens (tertiary/aromatic N) is 1. The number of nitrogens with one attached hydrogen (secondary N) is 1. The molecule has 0 radical (unpaired) electrons. The van der Waals surface area contributed by atoms with Crippen molar-refractivity contribution in [3.05, 3.63) is 29.3 Å². The molecule has 1 aliphatic rings. The quantitative estimate of drug-likeness (QED) is 0.875. The molecule has 0 aromatic heterocycles. The number of nitrogens with two attached hydrogens (primary N) is 1. The highest BCUT2D eigenvalue weighted by Gasteiger charge is 2.29. The fourth-order valence-electron chi connectivity index (χ4n) is 2.48. The maximum atomic E-state index is 12.3. The number of carbonyl (C=O) groups excluding carboxylic acids is 1. The van der Waals surface area contributed by atoms with E-state index in [0.717, 1.165) is 31.5 Å². The number of rotatable bonds is 2. The largest absolute Gasteiger partial charge is 0.326 e. The van der Waals surface area contributed by atoms with E-state index in [9.17, 15) is 4.79 Å². The highest BCUT2D eigenvalue weighted by Crippen LogP contribution is 2.21. The molecule has 1 saturated heterocycles. The smallest absolute Gasteiger partial charge is 0.322 e. The summed E-state index contributed by atoms with van der Waals surface area (Å²) in [5, 5.41) is 3.55. The lowest BCUT2D eigenvalue weighted by molar-refractivity contribution is 0.151. The molecule has 1 fully saturated rings. The summed E-state index contributed by atoms with van der Waals surface area (Å²) in [7, 11) is 0. The molecule has 1 heterocycles. The number of hydrogen-bond donors (Lipinski definition) is 2. The van der Waals surface area contributed by atoms with Crippen LogP contribution >= 0.6 is 11.6 Å². The molecule has 1 aromatic carbocycles. The number of hydrogen-bond acceptors (Lipinski definition) is 2. The van der Waals surface area contributed by atoms with Gasteiger partial charge in [-0.15, -0.1) is 0 Å². The molecule has 0 saturated carbocycles. The number of benzene rings is 1. The molecule has 104 valence electrons. The van der Waals surface area contributed by atoms with Crippen molar-refractivity contribution in [3.63, 3.8) is 0 Å². The van der Waals surface area contributed by atoms with Gasteiger partial charge in [-0.05, 0) is 50.5 Å². The van der Waals surface area contributed by atoms with Crippen molar-refractivity contribution in [3.8, 4) is 0 Å². The SMILES string of the molecule is CC(N)C1CCCCN1C(=O)Nc1ccc(Cl)cc1. The standard InChI is InChI=1S/C14H20ClN3O/c1-10(16)13-4-2-3-9-18(13)14(19)17-12-7-5-11(15)6-8-12/h5-8,10,13H,2-4,9,16H2,1H3,(H,17,19). The Morgan fingerprint density at radius 1 is 1.42 bits per heavy atom. The molecule has 4 nitrogen and oxygen atoms in total. The van der Waals surface area contributed by atoms with Crippen LogP contribution in [0.3, 0.4) is 0 Å². The van der Waals surface area contributed by atoms with Crippen LogP contribution in [0.2, 0.25) is 5.02 Å². The molecule has 0 spiro atoms. The summed E-state index contributed by atoms with van der Waals surface area (Å²) in [6, 6.07) is 7.16. The first kappa shape index (κ1) is 14.2. The van der Waals surface area contributed by atoms with E-state index in [0.29, 0.717) is 5.02 Å². The molecule has 0 bridgehead atoms. The summed E-state index contributed by atoms with van der Waals surface area (Å²) in [6.45, 7) is 2.73. The molecule has 2 rings (SSSR count). The third-order valence-electron chi connectivity index (χ3n) is 3.51. The summed E-state index contributed by atoms with van der Waals surface area (Å²) < 4.78 is 0. The van der Waals surface area contributed by atoms with E-state index in [1.165, 1.54) is 0 Å². The predicted octanol–water partition coefficient (Wildman–Crippen LogP) is 3.07. The monoisotopic (exact) mass is 281 g/mol. The second-order valence-electron chi connectivity index (χ2n) is 5.05. The summed E-state index contributed by atoms with van der Waals surface area (Å²) >= 11 is 5.82. The van der Waals surface area contributed by atoms with Crippen molar-refractivity contribution in [1.82, 2.24) is 4.90 Å². The van der Waals surface area contributed by atoms with E-state index in [4.69, 9.17) is 17.3 Å². The zero-order chi connectivity index (χ0) is 13.8. The van der Waals surface area contributed by atoms with Crippen LogP contribution in [0.5, 0.6) is 0 Å². The number of anilines is 1. The van der Waals surface area contributed by atoms with Crippen molar-refractivity contribution in [1.29, 1.82) is 0 Å². The van der Waals surface area contributed by atoms with Gasteiger partial charge in [-0.25, -0.2) is 4.79 Å². The Hall–Kier alpha value is -1.26. The van der Waals surface area contributed by atoms with Gasteiger partial charge in [0.25, 0.3) is 0 Å². The van der Waals surface area contributed by atoms with Gasteiger partial charge in [0.2, 0.25) is 0 Å². The third-order valence-corrected chi connectivity index (χ3v) is 3.76. The van der Waals surface area contributed by atoms with Gasteiger partial charge in [-0.3, -0.25) is 0 Å². The maximum Gasteiger partial charge on any atom is 0.322 e. The van der Waals surface area contributed by atoms with Gasteiger partial charge in [0.15, 0.2) is 0 Å². The topological polar surface area (TPSA) is 58.4 Å². The minimum atomic E-state index is -0.0793. The van der Waals surface area contributed by atoms with Crippen LogP contribution in [0, 0.1) is 0 Å². The van der Waals surface area contributed by atoms with Crippen LogP contribution in [0.1, 0.15) is 26.2 Å². The van der Waals surface area contributed by atoms with E-state index in [1.54, 1.807) is 24.3 Å². The second-order valence-corrected chi connectivity index (χ2v) is 5.49. The minimum absolute atomic E-state index is 0.00346. The molecular weight excluding hydrogens is 262 g/mol. The summed E-state index contributed by atoms with van der Waals surface area (Å²) in [5.41, 5.74) is 6.72. The highest BCUT2D eigenvalue weighted by atomic mass is 35.5. The van der Waals surface area contributed by atoms with Crippen molar-refractivity contribution in [2.45, 2.75) is 38.3 Å². The molecule has 5 heteroatoms. The average molecular weight is 282 g/mol. The zero-order valence-electron chi connectivity index (χ0n) is 11.1. The first-order chi connectivity index (χ1) is 9.08. The van der Waals surface area contributed by atoms with Gasteiger partial charge in [0.1, 0.15) is 0 Å². The van der Waals surface area contributed by atoms with Crippen molar-refractivity contribution >= 4 is 23.3 Å². The number of urea groups is 1. The van der Waals surface area contributed by atoms with E-state index in [-0.39, 0.29) is 18.1 Å². The summed E-state index contributed by atoms with van der Waals surface area (Å²) in [6.07, 6.45) is 3.15. The molecule has 1 aliphatic heterocycles. The lowest BCUT2D eigenvalue weighted by atomic mass is 9.97. The first-order valence-corrected chi connectivity index (χ1v) is 7.04. The Kier molecular flexibility index (Phi) is 4.66. The Bertz CT molecular complexity index is 433.